The quantitative estimate of drug-likeness (QED) is 0.900. The summed E-state index contributed by atoms with van der Waals surface area (Å²) in [6, 6.07) is 10.2. The topological polar surface area (TPSA) is 59.0 Å². The molecular weight excluding hydrogens is 312 g/mol. The highest BCUT2D eigenvalue weighted by Gasteiger charge is 2.57. The summed E-state index contributed by atoms with van der Waals surface area (Å²) in [6.45, 7) is 6.70. The molecule has 25 heavy (non-hydrogen) atoms. The van der Waals surface area contributed by atoms with Gasteiger partial charge in [0.2, 0.25) is 5.91 Å². The number of carbonyl (C=O) groups excluding carboxylic acids is 1. The lowest BCUT2D eigenvalue weighted by atomic mass is 9.92. The molecule has 1 aliphatic heterocycles. The van der Waals surface area contributed by atoms with Crippen molar-refractivity contribution in [2.45, 2.75) is 39.7 Å². The van der Waals surface area contributed by atoms with Crippen molar-refractivity contribution in [3.63, 3.8) is 0 Å². The number of aromatic nitrogens is 2. The fourth-order valence-electron chi connectivity index (χ4n) is 4.24. The molecule has 1 aromatic heterocycles. The van der Waals surface area contributed by atoms with Gasteiger partial charge in [-0.25, -0.2) is 4.68 Å². The van der Waals surface area contributed by atoms with Crippen LogP contribution in [0.4, 0.5) is 0 Å². The van der Waals surface area contributed by atoms with Gasteiger partial charge in [0.1, 0.15) is 0 Å². The fourth-order valence-corrected chi connectivity index (χ4v) is 4.24. The van der Waals surface area contributed by atoms with Crippen LogP contribution in [-0.2, 0) is 11.3 Å². The Morgan fingerprint density at radius 2 is 2.08 bits per heavy atom. The lowest BCUT2D eigenvalue weighted by Crippen LogP contribution is -2.33. The Labute approximate surface area is 148 Å². The van der Waals surface area contributed by atoms with Crippen LogP contribution in [0.3, 0.4) is 0 Å². The molecule has 2 fully saturated rings. The zero-order valence-corrected chi connectivity index (χ0v) is 15.0. The number of para-hydroxylation sites is 1. The van der Waals surface area contributed by atoms with E-state index in [1.165, 1.54) is 0 Å². The average Bonchev–Trinajstić information content (AvgIpc) is 3.19. The maximum atomic E-state index is 12.6. The van der Waals surface area contributed by atoms with E-state index in [2.05, 4.69) is 40.9 Å². The van der Waals surface area contributed by atoms with Crippen LogP contribution >= 0.6 is 0 Å². The van der Waals surface area contributed by atoms with Gasteiger partial charge < -0.3 is 10.6 Å². The molecule has 2 aliphatic rings. The normalized spacial score (nSPS) is 21.3. The van der Waals surface area contributed by atoms with Gasteiger partial charge in [-0.1, -0.05) is 18.2 Å². The first-order chi connectivity index (χ1) is 12.1. The maximum absolute atomic E-state index is 12.6. The average molecular weight is 338 g/mol. The van der Waals surface area contributed by atoms with Crippen LogP contribution in [0, 0.1) is 25.2 Å². The summed E-state index contributed by atoms with van der Waals surface area (Å²) in [5.41, 5.74) is 4.53. The third-order valence-electron chi connectivity index (χ3n) is 5.79. The monoisotopic (exact) mass is 338 g/mol. The Morgan fingerprint density at radius 3 is 2.80 bits per heavy atom. The summed E-state index contributed by atoms with van der Waals surface area (Å²) in [7, 11) is 0. The first kappa shape index (κ1) is 16.3. The summed E-state index contributed by atoms with van der Waals surface area (Å²) in [5, 5.41) is 11.1. The van der Waals surface area contributed by atoms with Crippen molar-refractivity contribution < 1.29 is 4.79 Å². The van der Waals surface area contributed by atoms with E-state index in [0.717, 1.165) is 55.0 Å². The summed E-state index contributed by atoms with van der Waals surface area (Å²) in [4.78, 5) is 12.6. The summed E-state index contributed by atoms with van der Waals surface area (Å²) < 4.78 is 1.96. The molecule has 1 saturated heterocycles. The minimum absolute atomic E-state index is 0.204. The van der Waals surface area contributed by atoms with Crippen molar-refractivity contribution in [2.24, 2.45) is 11.3 Å². The number of carbonyl (C=O) groups is 1. The standard InChI is InChI=1S/C20H26N4O/c1-14-11-15(2)24(23-14)18-6-4-3-5-16(18)13-22-19(25)17-12-20(17)7-9-21-10-8-20/h3-6,11,17,21H,7-10,12-13H2,1-2H3,(H,22,25). The number of rotatable bonds is 4. The molecule has 132 valence electrons. The smallest absolute Gasteiger partial charge is 0.223 e. The number of hydrogen-bond acceptors (Lipinski definition) is 3. The van der Waals surface area contributed by atoms with Gasteiger partial charge in [-0.05, 0) is 69.3 Å². The molecule has 0 radical (unpaired) electrons. The molecule has 4 rings (SSSR count). The van der Waals surface area contributed by atoms with Crippen LogP contribution in [0.25, 0.3) is 5.69 Å². The zero-order chi connectivity index (χ0) is 17.4. The van der Waals surface area contributed by atoms with Gasteiger partial charge in [-0.15, -0.1) is 0 Å². The number of piperidine rings is 1. The minimum Gasteiger partial charge on any atom is -0.352 e. The third-order valence-corrected chi connectivity index (χ3v) is 5.79. The molecule has 1 spiro atoms. The number of nitrogens with one attached hydrogen (secondary N) is 2. The van der Waals surface area contributed by atoms with Gasteiger partial charge in [0.15, 0.2) is 0 Å². The SMILES string of the molecule is Cc1cc(C)n(-c2ccccc2CNC(=O)C2CC23CCNCC3)n1. The molecule has 1 amide bonds. The molecule has 2 heterocycles. The van der Waals surface area contributed by atoms with E-state index in [4.69, 9.17) is 0 Å². The number of nitrogens with zero attached hydrogens (tertiary/aromatic N) is 2. The van der Waals surface area contributed by atoms with Gasteiger partial charge in [0.25, 0.3) is 0 Å². The van der Waals surface area contributed by atoms with E-state index in [0.29, 0.717) is 6.54 Å². The van der Waals surface area contributed by atoms with Crippen molar-refractivity contribution in [1.29, 1.82) is 0 Å². The number of hydrogen-bond donors (Lipinski definition) is 2. The second-order valence-corrected chi connectivity index (χ2v) is 7.55. The van der Waals surface area contributed by atoms with Crippen LogP contribution in [-0.4, -0.2) is 28.8 Å². The van der Waals surface area contributed by atoms with E-state index in [1.807, 2.05) is 23.7 Å². The molecule has 1 aliphatic carbocycles. The van der Waals surface area contributed by atoms with Gasteiger partial charge in [0, 0.05) is 18.2 Å². The summed E-state index contributed by atoms with van der Waals surface area (Å²) in [5.74, 6) is 0.417. The molecule has 1 unspecified atom stereocenters. The maximum Gasteiger partial charge on any atom is 0.223 e. The Hall–Kier alpha value is -2.14. The van der Waals surface area contributed by atoms with Crippen molar-refractivity contribution >= 4 is 5.91 Å². The highest BCUT2D eigenvalue weighted by atomic mass is 16.2. The molecule has 5 nitrogen and oxygen atoms in total. The van der Waals surface area contributed by atoms with Crippen LogP contribution in [0.2, 0.25) is 0 Å². The number of benzene rings is 1. The lowest BCUT2D eigenvalue weighted by molar-refractivity contribution is -0.123. The Kier molecular flexibility index (Phi) is 4.12. The minimum atomic E-state index is 0.204. The second kappa shape index (κ2) is 6.30. The van der Waals surface area contributed by atoms with Gasteiger partial charge in [-0.2, -0.15) is 5.10 Å². The lowest BCUT2D eigenvalue weighted by Gasteiger charge is -2.23. The van der Waals surface area contributed by atoms with Crippen LogP contribution < -0.4 is 10.6 Å². The van der Waals surface area contributed by atoms with Crippen molar-refractivity contribution in [3.8, 4) is 5.69 Å². The van der Waals surface area contributed by atoms with Crippen LogP contribution in [0.5, 0.6) is 0 Å². The highest BCUT2D eigenvalue weighted by Crippen LogP contribution is 2.58. The molecule has 5 heteroatoms. The van der Waals surface area contributed by atoms with E-state index in [1.54, 1.807) is 0 Å². The molecule has 0 bridgehead atoms. The van der Waals surface area contributed by atoms with E-state index in [-0.39, 0.29) is 17.2 Å². The zero-order valence-electron chi connectivity index (χ0n) is 15.0. The Bertz CT molecular complexity index is 789. The predicted molar refractivity (Wildman–Crippen MR) is 97.5 cm³/mol. The number of amides is 1. The predicted octanol–water partition coefficient (Wildman–Crippen LogP) is 2.50. The van der Waals surface area contributed by atoms with Crippen molar-refractivity contribution in [1.82, 2.24) is 20.4 Å². The van der Waals surface area contributed by atoms with Crippen molar-refractivity contribution in [2.75, 3.05) is 13.1 Å². The second-order valence-electron chi connectivity index (χ2n) is 7.55. The molecule has 2 N–H and O–H groups in total. The van der Waals surface area contributed by atoms with Crippen molar-refractivity contribution in [3.05, 3.63) is 47.3 Å². The first-order valence-electron chi connectivity index (χ1n) is 9.19. The number of aryl methyl sites for hydroxylation is 2. The fraction of sp³-hybridized carbons (Fsp3) is 0.500. The van der Waals surface area contributed by atoms with E-state index in [9.17, 15) is 4.79 Å². The van der Waals surface area contributed by atoms with Gasteiger partial charge >= 0.3 is 0 Å². The van der Waals surface area contributed by atoms with E-state index >= 15 is 0 Å². The summed E-state index contributed by atoms with van der Waals surface area (Å²) in [6.07, 6.45) is 3.32. The molecule has 1 atom stereocenters. The van der Waals surface area contributed by atoms with Crippen LogP contribution in [0.15, 0.2) is 30.3 Å². The largest absolute Gasteiger partial charge is 0.352 e. The molecule has 2 aromatic rings. The Balaban J connectivity index is 1.45. The third kappa shape index (κ3) is 3.09. The highest BCUT2D eigenvalue weighted by molar-refractivity contribution is 5.82. The van der Waals surface area contributed by atoms with Crippen LogP contribution in [0.1, 0.15) is 36.2 Å². The molecule has 1 aromatic carbocycles. The molecule has 1 saturated carbocycles. The summed E-state index contributed by atoms with van der Waals surface area (Å²) >= 11 is 0. The van der Waals surface area contributed by atoms with Gasteiger partial charge in [-0.3, -0.25) is 4.79 Å². The van der Waals surface area contributed by atoms with E-state index < -0.39 is 0 Å². The first-order valence-corrected chi connectivity index (χ1v) is 9.19. The van der Waals surface area contributed by atoms with Gasteiger partial charge in [0.05, 0.1) is 11.4 Å². The molecular formula is C20H26N4O. The Morgan fingerprint density at radius 1 is 1.32 bits per heavy atom.